The van der Waals surface area contributed by atoms with Gasteiger partial charge in [0.05, 0.1) is 18.3 Å². The molecule has 0 saturated carbocycles. The smallest absolute Gasteiger partial charge is 0.227 e. The van der Waals surface area contributed by atoms with Gasteiger partial charge < -0.3 is 9.88 Å². The maximum absolute atomic E-state index is 15.0. The number of benzene rings is 2. The summed E-state index contributed by atoms with van der Waals surface area (Å²) in [6.45, 7) is 11.2. The average Bonchev–Trinajstić information content (AvgIpc) is 3.24. The fourth-order valence-corrected chi connectivity index (χ4v) is 5.23. The number of ketones is 1. The van der Waals surface area contributed by atoms with Crippen molar-refractivity contribution in [3.8, 4) is 11.3 Å². The van der Waals surface area contributed by atoms with Gasteiger partial charge in [0, 0.05) is 55.6 Å². The van der Waals surface area contributed by atoms with Crippen LogP contribution in [0.4, 0.5) is 24.8 Å². The van der Waals surface area contributed by atoms with Gasteiger partial charge in [-0.05, 0) is 52.0 Å². The Bertz CT molecular complexity index is 1560. The Balaban J connectivity index is 1.33. The minimum absolute atomic E-state index is 0.0290. The standard InChI is InChI=1S/C29H32F3N7O/c1-17(2)39-19(4)34-28-24(31)11-21(12-26(28)39)27-25(32)14-33-29(36-27)35-22-6-5-20(23(30)13-22)16-38-9-7-37(8-10-38)15-18(3)40/h5-6,11-14,17H,7-10,15-16H2,1-4H3,(H,33,35,36). The van der Waals surface area contributed by atoms with Gasteiger partial charge in [0.25, 0.3) is 0 Å². The Morgan fingerprint density at radius 1 is 0.975 bits per heavy atom. The zero-order chi connectivity index (χ0) is 28.6. The highest BCUT2D eigenvalue weighted by Crippen LogP contribution is 2.30. The molecule has 1 aliphatic rings. The summed E-state index contributed by atoms with van der Waals surface area (Å²) in [5, 5.41) is 2.93. The van der Waals surface area contributed by atoms with Gasteiger partial charge in [-0.25, -0.2) is 28.1 Å². The Labute approximate surface area is 230 Å². The summed E-state index contributed by atoms with van der Waals surface area (Å²) in [6, 6.07) is 7.67. The average molecular weight is 552 g/mol. The molecule has 1 N–H and O–H groups in total. The number of aryl methyl sites for hydroxylation is 1. The van der Waals surface area contributed by atoms with Crippen LogP contribution in [0.3, 0.4) is 0 Å². The van der Waals surface area contributed by atoms with Gasteiger partial charge >= 0.3 is 0 Å². The van der Waals surface area contributed by atoms with Crippen LogP contribution < -0.4 is 5.32 Å². The molecule has 1 aliphatic heterocycles. The van der Waals surface area contributed by atoms with E-state index in [0.717, 1.165) is 32.4 Å². The molecule has 8 nitrogen and oxygen atoms in total. The molecule has 40 heavy (non-hydrogen) atoms. The van der Waals surface area contributed by atoms with Gasteiger partial charge in [-0.2, -0.15) is 0 Å². The summed E-state index contributed by atoms with van der Waals surface area (Å²) >= 11 is 0. The first kappa shape index (κ1) is 27.7. The molecule has 1 fully saturated rings. The third-order valence-corrected chi connectivity index (χ3v) is 7.07. The van der Waals surface area contributed by atoms with Crippen molar-refractivity contribution in [1.82, 2.24) is 29.3 Å². The molecular weight excluding hydrogens is 519 g/mol. The lowest BCUT2D eigenvalue weighted by molar-refractivity contribution is -0.118. The van der Waals surface area contributed by atoms with Crippen molar-refractivity contribution in [2.24, 2.45) is 0 Å². The summed E-state index contributed by atoms with van der Waals surface area (Å²) in [5.41, 5.74) is 1.89. The van der Waals surface area contributed by atoms with Crippen molar-refractivity contribution < 1.29 is 18.0 Å². The zero-order valence-corrected chi connectivity index (χ0v) is 23.0. The number of imidazole rings is 1. The molecule has 1 saturated heterocycles. The maximum atomic E-state index is 15.0. The van der Waals surface area contributed by atoms with Crippen LogP contribution in [-0.4, -0.2) is 67.8 Å². The molecule has 0 aliphatic carbocycles. The van der Waals surface area contributed by atoms with Gasteiger partial charge in [0.2, 0.25) is 5.95 Å². The number of nitrogens with zero attached hydrogens (tertiary/aromatic N) is 6. The zero-order valence-electron chi connectivity index (χ0n) is 23.0. The van der Waals surface area contributed by atoms with Gasteiger partial charge in [-0.3, -0.25) is 14.6 Å². The van der Waals surface area contributed by atoms with Gasteiger partial charge in [-0.1, -0.05) is 6.07 Å². The summed E-state index contributed by atoms with van der Waals surface area (Å²) in [7, 11) is 0. The minimum atomic E-state index is -0.707. The number of aromatic nitrogens is 4. The molecule has 0 atom stereocenters. The molecule has 11 heteroatoms. The molecule has 3 heterocycles. The van der Waals surface area contributed by atoms with Crippen molar-refractivity contribution in [3.05, 3.63) is 65.4 Å². The predicted molar refractivity (Wildman–Crippen MR) is 148 cm³/mol. The second kappa shape index (κ2) is 11.3. The Hall–Kier alpha value is -3.83. The summed E-state index contributed by atoms with van der Waals surface area (Å²) in [5.74, 6) is -0.807. The molecule has 0 unspecified atom stereocenters. The Morgan fingerprint density at radius 3 is 2.38 bits per heavy atom. The molecule has 2 aromatic heterocycles. The lowest BCUT2D eigenvalue weighted by Crippen LogP contribution is -2.47. The number of carbonyl (C=O) groups is 1. The number of Topliss-reactive ketones (excluding diaryl/α,β-unsaturated/α-hetero) is 1. The first-order valence-corrected chi connectivity index (χ1v) is 13.3. The number of fused-ring (bicyclic) bond motifs is 1. The molecule has 5 rings (SSSR count). The lowest BCUT2D eigenvalue weighted by Gasteiger charge is -2.34. The highest BCUT2D eigenvalue weighted by Gasteiger charge is 2.20. The van der Waals surface area contributed by atoms with Crippen molar-refractivity contribution in [2.45, 2.75) is 40.3 Å². The lowest BCUT2D eigenvalue weighted by atomic mass is 10.1. The number of nitrogens with one attached hydrogen (secondary N) is 1. The fourth-order valence-electron chi connectivity index (χ4n) is 5.23. The number of rotatable bonds is 8. The molecule has 210 valence electrons. The number of hydrogen-bond donors (Lipinski definition) is 1. The largest absolute Gasteiger partial charge is 0.326 e. The highest BCUT2D eigenvalue weighted by atomic mass is 19.1. The van der Waals surface area contributed by atoms with Crippen LogP contribution in [0.25, 0.3) is 22.3 Å². The molecule has 0 radical (unpaired) electrons. The number of halogens is 3. The monoisotopic (exact) mass is 551 g/mol. The first-order chi connectivity index (χ1) is 19.1. The predicted octanol–water partition coefficient (Wildman–Crippen LogP) is 5.25. The van der Waals surface area contributed by atoms with Gasteiger partial charge in [0.15, 0.2) is 11.6 Å². The summed E-state index contributed by atoms with van der Waals surface area (Å²) in [4.78, 5) is 28.2. The number of carbonyl (C=O) groups excluding carboxylic acids is 1. The van der Waals surface area contributed by atoms with Gasteiger partial charge in [-0.15, -0.1) is 0 Å². The van der Waals surface area contributed by atoms with E-state index in [-0.39, 0.29) is 40.4 Å². The van der Waals surface area contributed by atoms with E-state index in [1.165, 1.54) is 12.1 Å². The third kappa shape index (κ3) is 5.85. The molecule has 4 aromatic rings. The number of piperazine rings is 1. The van der Waals surface area contributed by atoms with Crippen LogP contribution in [0.15, 0.2) is 36.5 Å². The van der Waals surface area contributed by atoms with Crippen LogP contribution in [0.1, 0.15) is 38.2 Å². The van der Waals surface area contributed by atoms with E-state index in [2.05, 4.69) is 30.1 Å². The van der Waals surface area contributed by atoms with Crippen molar-refractivity contribution in [1.29, 1.82) is 0 Å². The molecule has 2 aromatic carbocycles. The van der Waals surface area contributed by atoms with E-state index in [4.69, 9.17) is 0 Å². The van der Waals surface area contributed by atoms with E-state index in [1.54, 1.807) is 32.0 Å². The Kier molecular flexibility index (Phi) is 7.86. The van der Waals surface area contributed by atoms with E-state index in [9.17, 15) is 18.0 Å². The molecule has 0 spiro atoms. The molecular formula is C29H32F3N7O. The van der Waals surface area contributed by atoms with E-state index < -0.39 is 11.6 Å². The van der Waals surface area contributed by atoms with E-state index >= 15 is 0 Å². The topological polar surface area (TPSA) is 79.2 Å². The Morgan fingerprint density at radius 2 is 1.70 bits per heavy atom. The van der Waals surface area contributed by atoms with Crippen LogP contribution >= 0.6 is 0 Å². The van der Waals surface area contributed by atoms with E-state index in [0.29, 0.717) is 35.7 Å². The minimum Gasteiger partial charge on any atom is -0.326 e. The fraction of sp³-hybridized carbons (Fsp3) is 0.379. The second-order valence-electron chi connectivity index (χ2n) is 10.5. The number of hydrogen-bond acceptors (Lipinski definition) is 7. The SMILES string of the molecule is CC(=O)CN1CCN(Cc2ccc(Nc3ncc(F)c(-c4cc(F)c5nc(C)n(C(C)C)c5c4)n3)cc2F)CC1. The van der Waals surface area contributed by atoms with Crippen LogP contribution in [0.2, 0.25) is 0 Å². The summed E-state index contributed by atoms with van der Waals surface area (Å²) in [6.07, 6.45) is 1.01. The van der Waals surface area contributed by atoms with Crippen LogP contribution in [0.5, 0.6) is 0 Å². The highest BCUT2D eigenvalue weighted by molar-refractivity contribution is 5.83. The second-order valence-corrected chi connectivity index (χ2v) is 10.5. The number of anilines is 2. The van der Waals surface area contributed by atoms with Crippen molar-refractivity contribution in [2.75, 3.05) is 38.0 Å². The maximum Gasteiger partial charge on any atom is 0.227 e. The third-order valence-electron chi connectivity index (χ3n) is 7.07. The summed E-state index contributed by atoms with van der Waals surface area (Å²) < 4.78 is 46.7. The van der Waals surface area contributed by atoms with Crippen LogP contribution in [-0.2, 0) is 11.3 Å². The first-order valence-electron chi connectivity index (χ1n) is 13.3. The van der Waals surface area contributed by atoms with Crippen LogP contribution in [0, 0.1) is 24.4 Å². The van der Waals surface area contributed by atoms with E-state index in [1.807, 2.05) is 18.4 Å². The van der Waals surface area contributed by atoms with Crippen molar-refractivity contribution >= 4 is 28.5 Å². The molecule has 0 amide bonds. The van der Waals surface area contributed by atoms with Crippen molar-refractivity contribution in [3.63, 3.8) is 0 Å². The quantitative estimate of drug-likeness (QED) is 0.321. The molecule has 0 bridgehead atoms. The van der Waals surface area contributed by atoms with Gasteiger partial charge in [0.1, 0.15) is 28.6 Å². The normalized spacial score (nSPS) is 14.8.